The van der Waals surface area contributed by atoms with E-state index in [9.17, 15) is 9.18 Å². The van der Waals surface area contributed by atoms with Crippen LogP contribution in [0.2, 0.25) is 0 Å². The fourth-order valence-corrected chi connectivity index (χ4v) is 4.41. The minimum Gasteiger partial charge on any atom is -0.496 e. The first-order chi connectivity index (χ1) is 16.6. The van der Waals surface area contributed by atoms with Crippen molar-refractivity contribution in [1.29, 1.82) is 0 Å². The molecule has 0 unspecified atom stereocenters. The standard InChI is InChI=1S/C26H25FN4O2S/c1-33-23-10-6-5-9-20(23)17-28-25(32)16-15-24-29-30-26(34-18-19-7-3-2-4-8-19)31(24)22-13-11-21(27)12-14-22/h2-14H,15-18H2,1H3,(H,28,32). The van der Waals surface area contributed by atoms with Crippen molar-refractivity contribution in [2.24, 2.45) is 0 Å². The van der Waals surface area contributed by atoms with Gasteiger partial charge in [-0.05, 0) is 35.9 Å². The molecule has 6 nitrogen and oxygen atoms in total. The summed E-state index contributed by atoms with van der Waals surface area (Å²) in [6.45, 7) is 0.381. The van der Waals surface area contributed by atoms with Crippen molar-refractivity contribution >= 4 is 17.7 Å². The van der Waals surface area contributed by atoms with E-state index < -0.39 is 0 Å². The lowest BCUT2D eigenvalue weighted by atomic mass is 10.2. The molecule has 0 radical (unpaired) electrons. The average molecular weight is 477 g/mol. The second kappa shape index (κ2) is 11.5. The van der Waals surface area contributed by atoms with Crippen molar-refractivity contribution in [3.63, 3.8) is 0 Å². The molecule has 0 bridgehead atoms. The maximum atomic E-state index is 13.5. The van der Waals surface area contributed by atoms with Crippen LogP contribution in [0.5, 0.6) is 5.75 Å². The smallest absolute Gasteiger partial charge is 0.220 e. The molecule has 1 heterocycles. The number of aromatic nitrogens is 3. The summed E-state index contributed by atoms with van der Waals surface area (Å²) >= 11 is 1.55. The number of para-hydroxylation sites is 1. The van der Waals surface area contributed by atoms with Gasteiger partial charge in [0.1, 0.15) is 17.4 Å². The van der Waals surface area contributed by atoms with Gasteiger partial charge in [0.2, 0.25) is 5.91 Å². The molecule has 0 saturated heterocycles. The fraction of sp³-hybridized carbons (Fsp3) is 0.192. The number of methoxy groups -OCH3 is 1. The van der Waals surface area contributed by atoms with Crippen LogP contribution in [0.3, 0.4) is 0 Å². The number of thioether (sulfide) groups is 1. The Balaban J connectivity index is 1.45. The number of aryl methyl sites for hydroxylation is 1. The molecular formula is C26H25FN4O2S. The van der Waals surface area contributed by atoms with Gasteiger partial charge in [0, 0.05) is 36.4 Å². The lowest BCUT2D eigenvalue weighted by molar-refractivity contribution is -0.121. The summed E-state index contributed by atoms with van der Waals surface area (Å²) in [6, 6.07) is 23.8. The molecule has 0 aliphatic carbocycles. The summed E-state index contributed by atoms with van der Waals surface area (Å²) in [5.41, 5.74) is 2.83. The number of hydrogen-bond donors (Lipinski definition) is 1. The number of amides is 1. The first-order valence-corrected chi connectivity index (χ1v) is 11.9. The number of nitrogens with one attached hydrogen (secondary N) is 1. The molecule has 0 saturated carbocycles. The predicted molar refractivity (Wildman–Crippen MR) is 130 cm³/mol. The van der Waals surface area contributed by atoms with E-state index in [4.69, 9.17) is 4.74 Å². The zero-order valence-electron chi connectivity index (χ0n) is 18.8. The Morgan fingerprint density at radius 1 is 1.00 bits per heavy atom. The summed E-state index contributed by atoms with van der Waals surface area (Å²) in [6.07, 6.45) is 0.645. The molecule has 3 aromatic carbocycles. The number of carbonyl (C=O) groups is 1. The molecule has 4 rings (SSSR count). The fourth-order valence-electron chi connectivity index (χ4n) is 3.48. The minimum absolute atomic E-state index is 0.0990. The molecule has 1 N–H and O–H groups in total. The quantitative estimate of drug-likeness (QED) is 0.328. The number of carbonyl (C=O) groups excluding carboxylic acids is 1. The SMILES string of the molecule is COc1ccccc1CNC(=O)CCc1nnc(SCc2ccccc2)n1-c1ccc(F)cc1. The van der Waals surface area contributed by atoms with Crippen molar-refractivity contribution in [2.75, 3.05) is 7.11 Å². The lowest BCUT2D eigenvalue weighted by Crippen LogP contribution is -2.23. The summed E-state index contributed by atoms with van der Waals surface area (Å²) in [5, 5.41) is 12.3. The summed E-state index contributed by atoms with van der Waals surface area (Å²) < 4.78 is 20.7. The number of halogens is 1. The van der Waals surface area contributed by atoms with Gasteiger partial charge in [0.15, 0.2) is 5.16 Å². The Labute approximate surface area is 202 Å². The van der Waals surface area contributed by atoms with Crippen LogP contribution in [0.15, 0.2) is 84.0 Å². The van der Waals surface area contributed by atoms with Crippen molar-refractivity contribution in [3.8, 4) is 11.4 Å². The highest BCUT2D eigenvalue weighted by atomic mass is 32.2. The molecule has 174 valence electrons. The number of benzene rings is 3. The van der Waals surface area contributed by atoms with Gasteiger partial charge in [0.25, 0.3) is 0 Å². The van der Waals surface area contributed by atoms with Gasteiger partial charge in [-0.25, -0.2) is 4.39 Å². The number of hydrogen-bond acceptors (Lipinski definition) is 5. The van der Waals surface area contributed by atoms with E-state index in [1.165, 1.54) is 17.7 Å². The van der Waals surface area contributed by atoms with Gasteiger partial charge >= 0.3 is 0 Å². The first-order valence-electron chi connectivity index (χ1n) is 10.9. The molecule has 4 aromatic rings. The zero-order valence-corrected chi connectivity index (χ0v) is 19.6. The van der Waals surface area contributed by atoms with E-state index in [1.807, 2.05) is 47.0 Å². The van der Waals surface area contributed by atoms with Crippen LogP contribution < -0.4 is 10.1 Å². The molecule has 1 amide bonds. The molecule has 34 heavy (non-hydrogen) atoms. The third-order valence-electron chi connectivity index (χ3n) is 5.24. The van der Waals surface area contributed by atoms with Crippen LogP contribution >= 0.6 is 11.8 Å². The maximum absolute atomic E-state index is 13.5. The van der Waals surface area contributed by atoms with E-state index >= 15 is 0 Å². The van der Waals surface area contributed by atoms with E-state index in [0.717, 1.165) is 22.8 Å². The number of ether oxygens (including phenoxy) is 1. The molecule has 8 heteroatoms. The highest BCUT2D eigenvalue weighted by molar-refractivity contribution is 7.98. The molecule has 0 spiro atoms. The molecule has 0 aliphatic heterocycles. The monoisotopic (exact) mass is 476 g/mol. The van der Waals surface area contributed by atoms with Gasteiger partial charge in [-0.3, -0.25) is 9.36 Å². The van der Waals surface area contributed by atoms with Crippen LogP contribution in [-0.4, -0.2) is 27.8 Å². The van der Waals surface area contributed by atoms with Crippen molar-refractivity contribution in [3.05, 3.63) is 102 Å². The summed E-state index contributed by atoms with van der Waals surface area (Å²) in [5.74, 6) is 1.69. The second-order valence-corrected chi connectivity index (χ2v) is 8.52. The third-order valence-corrected chi connectivity index (χ3v) is 6.24. The molecular weight excluding hydrogens is 451 g/mol. The Morgan fingerprint density at radius 3 is 2.50 bits per heavy atom. The molecule has 0 atom stereocenters. The molecule has 0 aliphatic rings. The van der Waals surface area contributed by atoms with E-state index in [1.54, 1.807) is 31.0 Å². The third kappa shape index (κ3) is 6.02. The second-order valence-electron chi connectivity index (χ2n) is 7.57. The predicted octanol–water partition coefficient (Wildman–Crippen LogP) is 4.96. The summed E-state index contributed by atoms with van der Waals surface area (Å²) in [7, 11) is 1.61. The van der Waals surface area contributed by atoms with E-state index in [-0.39, 0.29) is 18.1 Å². The van der Waals surface area contributed by atoms with Crippen molar-refractivity contribution in [2.45, 2.75) is 30.3 Å². The van der Waals surface area contributed by atoms with Crippen LogP contribution in [0, 0.1) is 5.82 Å². The topological polar surface area (TPSA) is 69.0 Å². The molecule has 1 aromatic heterocycles. The Morgan fingerprint density at radius 2 is 1.74 bits per heavy atom. The van der Waals surface area contributed by atoms with Crippen LogP contribution in [-0.2, 0) is 23.5 Å². The Hall–Kier alpha value is -3.65. The highest BCUT2D eigenvalue weighted by Crippen LogP contribution is 2.26. The largest absolute Gasteiger partial charge is 0.496 e. The van der Waals surface area contributed by atoms with Crippen molar-refractivity contribution in [1.82, 2.24) is 20.1 Å². The Kier molecular flexibility index (Phi) is 7.93. The van der Waals surface area contributed by atoms with Gasteiger partial charge in [0.05, 0.1) is 7.11 Å². The Bertz CT molecular complexity index is 1230. The lowest BCUT2D eigenvalue weighted by Gasteiger charge is -2.11. The van der Waals surface area contributed by atoms with Crippen LogP contribution in [0.25, 0.3) is 5.69 Å². The first kappa shape index (κ1) is 23.5. The van der Waals surface area contributed by atoms with Gasteiger partial charge in [-0.15, -0.1) is 10.2 Å². The highest BCUT2D eigenvalue weighted by Gasteiger charge is 2.16. The van der Waals surface area contributed by atoms with E-state index in [2.05, 4.69) is 27.6 Å². The number of nitrogens with zero attached hydrogens (tertiary/aromatic N) is 3. The van der Waals surface area contributed by atoms with Gasteiger partial charge in [-0.2, -0.15) is 0 Å². The zero-order chi connectivity index (χ0) is 23.8. The van der Waals surface area contributed by atoms with E-state index in [0.29, 0.717) is 23.9 Å². The average Bonchev–Trinajstić information content (AvgIpc) is 3.29. The normalized spacial score (nSPS) is 10.8. The number of rotatable bonds is 10. The van der Waals surface area contributed by atoms with Crippen LogP contribution in [0.1, 0.15) is 23.4 Å². The van der Waals surface area contributed by atoms with Gasteiger partial charge < -0.3 is 10.1 Å². The maximum Gasteiger partial charge on any atom is 0.220 e. The van der Waals surface area contributed by atoms with Crippen LogP contribution in [0.4, 0.5) is 4.39 Å². The summed E-state index contributed by atoms with van der Waals surface area (Å²) in [4.78, 5) is 12.5. The molecule has 0 fully saturated rings. The minimum atomic E-state index is -0.312. The van der Waals surface area contributed by atoms with Crippen molar-refractivity contribution < 1.29 is 13.9 Å². The van der Waals surface area contributed by atoms with Gasteiger partial charge in [-0.1, -0.05) is 60.3 Å².